The quantitative estimate of drug-likeness (QED) is 0.468. The van der Waals surface area contributed by atoms with Crippen LogP contribution in [0.2, 0.25) is 0 Å². The standard InChI is InChI=1S/C24H29F3N6O2S/c1-13(16-6-5-7-17(20(16)25)21(26)27)29-22-18-12-19(24(28-3)32-23(18)31-14(2)30-22)36(34,35)15-8-10-33(4)11-9-15/h5-7,12-13,15,21H,8-11H2,1-4H3,(H2,28,29,30,31,32)/t13-/m1/s1. The molecule has 36 heavy (non-hydrogen) atoms. The molecule has 8 nitrogen and oxygen atoms in total. The van der Waals surface area contributed by atoms with E-state index in [4.69, 9.17) is 0 Å². The van der Waals surface area contributed by atoms with Crippen LogP contribution in [0, 0.1) is 12.7 Å². The van der Waals surface area contributed by atoms with E-state index in [0.29, 0.717) is 37.1 Å². The van der Waals surface area contributed by atoms with Crippen LogP contribution in [0.25, 0.3) is 11.0 Å². The van der Waals surface area contributed by atoms with Crippen LogP contribution in [0.5, 0.6) is 0 Å². The lowest BCUT2D eigenvalue weighted by atomic mass is 10.0. The maximum atomic E-state index is 14.8. The van der Waals surface area contributed by atoms with E-state index >= 15 is 0 Å². The molecule has 3 aromatic rings. The zero-order valence-corrected chi connectivity index (χ0v) is 21.3. The third kappa shape index (κ3) is 4.96. The van der Waals surface area contributed by atoms with Crippen molar-refractivity contribution in [2.45, 2.75) is 49.3 Å². The van der Waals surface area contributed by atoms with Crippen LogP contribution in [-0.4, -0.2) is 60.7 Å². The number of fused-ring (bicyclic) bond motifs is 1. The number of hydrogen-bond donors (Lipinski definition) is 2. The van der Waals surface area contributed by atoms with Crippen molar-refractivity contribution in [1.29, 1.82) is 0 Å². The highest BCUT2D eigenvalue weighted by Gasteiger charge is 2.33. The fraction of sp³-hybridized carbons (Fsp3) is 0.458. The predicted octanol–water partition coefficient (Wildman–Crippen LogP) is 4.49. The third-order valence-corrected chi connectivity index (χ3v) is 8.80. The number of nitrogens with one attached hydrogen (secondary N) is 2. The first-order valence-corrected chi connectivity index (χ1v) is 13.2. The van der Waals surface area contributed by atoms with Gasteiger partial charge in [-0.05, 0) is 52.9 Å². The minimum atomic E-state index is -3.73. The molecule has 1 atom stereocenters. The van der Waals surface area contributed by atoms with Gasteiger partial charge >= 0.3 is 0 Å². The molecule has 2 N–H and O–H groups in total. The van der Waals surface area contributed by atoms with E-state index in [0.717, 1.165) is 6.07 Å². The highest BCUT2D eigenvalue weighted by molar-refractivity contribution is 7.92. The van der Waals surface area contributed by atoms with Gasteiger partial charge in [-0.15, -0.1) is 0 Å². The summed E-state index contributed by atoms with van der Waals surface area (Å²) in [4.78, 5) is 15.3. The van der Waals surface area contributed by atoms with E-state index in [9.17, 15) is 21.6 Å². The maximum absolute atomic E-state index is 14.8. The van der Waals surface area contributed by atoms with Gasteiger partial charge in [0.05, 0.1) is 22.2 Å². The summed E-state index contributed by atoms with van der Waals surface area (Å²) in [5, 5.41) is 5.71. The van der Waals surface area contributed by atoms with Gasteiger partial charge in [0.2, 0.25) is 0 Å². The van der Waals surface area contributed by atoms with Crippen LogP contribution < -0.4 is 10.6 Å². The number of benzene rings is 1. The molecule has 0 aliphatic carbocycles. The third-order valence-electron chi connectivity index (χ3n) is 6.52. The van der Waals surface area contributed by atoms with E-state index < -0.39 is 38.9 Å². The number of aryl methyl sites for hydroxylation is 1. The van der Waals surface area contributed by atoms with Gasteiger partial charge in [-0.3, -0.25) is 0 Å². The minimum Gasteiger partial charge on any atom is -0.372 e. The molecular formula is C24H29F3N6O2S. The zero-order chi connectivity index (χ0) is 26.2. The number of halogens is 3. The lowest BCUT2D eigenvalue weighted by Crippen LogP contribution is -2.37. The molecule has 1 aromatic carbocycles. The van der Waals surface area contributed by atoms with Gasteiger partial charge in [0, 0.05) is 12.6 Å². The highest BCUT2D eigenvalue weighted by Crippen LogP contribution is 2.34. The number of anilines is 2. The van der Waals surface area contributed by atoms with Crippen molar-refractivity contribution in [2.24, 2.45) is 0 Å². The molecule has 1 saturated heterocycles. The number of pyridine rings is 1. The number of sulfone groups is 1. The fourth-order valence-electron chi connectivity index (χ4n) is 4.48. The largest absolute Gasteiger partial charge is 0.372 e. The molecule has 0 bridgehead atoms. The molecule has 0 radical (unpaired) electrons. The Morgan fingerprint density at radius 1 is 1.08 bits per heavy atom. The van der Waals surface area contributed by atoms with E-state index in [1.165, 1.54) is 18.2 Å². The highest BCUT2D eigenvalue weighted by atomic mass is 32.2. The average molecular weight is 523 g/mol. The summed E-state index contributed by atoms with van der Waals surface area (Å²) in [5.74, 6) is -0.209. The van der Waals surface area contributed by atoms with E-state index in [1.807, 2.05) is 7.05 Å². The monoisotopic (exact) mass is 522 g/mol. The second-order valence-electron chi connectivity index (χ2n) is 9.04. The number of hydrogen-bond acceptors (Lipinski definition) is 8. The number of likely N-dealkylation sites (tertiary alicyclic amines) is 1. The summed E-state index contributed by atoms with van der Waals surface area (Å²) in [6, 6.07) is 4.57. The lowest BCUT2D eigenvalue weighted by Gasteiger charge is -2.29. The Morgan fingerprint density at radius 3 is 2.39 bits per heavy atom. The summed E-state index contributed by atoms with van der Waals surface area (Å²) >= 11 is 0. The van der Waals surface area contributed by atoms with Crippen LogP contribution in [0.1, 0.15) is 49.2 Å². The number of aromatic nitrogens is 3. The van der Waals surface area contributed by atoms with Crippen LogP contribution in [0.4, 0.5) is 24.8 Å². The Morgan fingerprint density at radius 2 is 1.75 bits per heavy atom. The van der Waals surface area contributed by atoms with E-state index in [2.05, 4.69) is 30.5 Å². The predicted molar refractivity (Wildman–Crippen MR) is 133 cm³/mol. The summed E-state index contributed by atoms with van der Waals surface area (Å²) in [6.07, 6.45) is -1.94. The van der Waals surface area contributed by atoms with Crippen molar-refractivity contribution >= 4 is 32.5 Å². The van der Waals surface area contributed by atoms with Crippen molar-refractivity contribution in [3.8, 4) is 0 Å². The van der Waals surface area contributed by atoms with Crippen LogP contribution in [-0.2, 0) is 9.84 Å². The molecule has 0 unspecified atom stereocenters. The van der Waals surface area contributed by atoms with Crippen LogP contribution in [0.15, 0.2) is 29.2 Å². The number of piperidine rings is 1. The van der Waals surface area contributed by atoms with Crippen molar-refractivity contribution in [2.75, 3.05) is 37.8 Å². The van der Waals surface area contributed by atoms with Crippen molar-refractivity contribution in [3.63, 3.8) is 0 Å². The molecule has 1 aliphatic heterocycles. The molecule has 3 heterocycles. The Kier molecular flexibility index (Phi) is 7.37. The molecule has 4 rings (SSSR count). The van der Waals surface area contributed by atoms with Gasteiger partial charge in [0.15, 0.2) is 15.5 Å². The second kappa shape index (κ2) is 10.2. The van der Waals surface area contributed by atoms with Crippen LogP contribution in [0.3, 0.4) is 0 Å². The van der Waals surface area contributed by atoms with Gasteiger partial charge in [-0.1, -0.05) is 18.2 Å². The van der Waals surface area contributed by atoms with Crippen molar-refractivity contribution in [1.82, 2.24) is 19.9 Å². The number of nitrogens with zero attached hydrogens (tertiary/aromatic N) is 4. The Labute approximate surface area is 208 Å². The molecule has 0 amide bonds. The van der Waals surface area contributed by atoms with Crippen molar-refractivity contribution in [3.05, 3.63) is 47.0 Å². The summed E-state index contributed by atoms with van der Waals surface area (Å²) < 4.78 is 68.4. The lowest BCUT2D eigenvalue weighted by molar-refractivity contribution is 0.146. The van der Waals surface area contributed by atoms with Crippen molar-refractivity contribution < 1.29 is 21.6 Å². The topological polar surface area (TPSA) is 100 Å². The SMILES string of the molecule is CNc1nc2nc(C)nc(N[C@H](C)c3cccc(C(F)F)c3F)c2cc1S(=O)(=O)C1CCN(C)CC1. The van der Waals surface area contributed by atoms with Gasteiger partial charge in [0.1, 0.15) is 28.2 Å². The molecule has 194 valence electrons. The first-order valence-electron chi connectivity index (χ1n) is 11.7. The minimum absolute atomic E-state index is 0.0381. The molecule has 2 aromatic heterocycles. The maximum Gasteiger partial charge on any atom is 0.266 e. The average Bonchev–Trinajstić information content (AvgIpc) is 2.83. The molecule has 0 spiro atoms. The summed E-state index contributed by atoms with van der Waals surface area (Å²) in [7, 11) is -0.178. The van der Waals surface area contributed by atoms with Gasteiger partial charge < -0.3 is 15.5 Å². The first kappa shape index (κ1) is 26.1. The Balaban J connectivity index is 1.79. The summed E-state index contributed by atoms with van der Waals surface area (Å²) in [5.41, 5.74) is -0.390. The van der Waals surface area contributed by atoms with Gasteiger partial charge in [-0.2, -0.15) is 0 Å². The normalized spacial score (nSPS) is 16.4. The smallest absolute Gasteiger partial charge is 0.266 e. The second-order valence-corrected chi connectivity index (χ2v) is 11.2. The van der Waals surface area contributed by atoms with Gasteiger partial charge in [0.25, 0.3) is 6.43 Å². The fourth-order valence-corrected chi connectivity index (χ4v) is 6.37. The Bertz CT molecular complexity index is 1380. The first-order chi connectivity index (χ1) is 17.0. The molecule has 0 saturated carbocycles. The zero-order valence-electron chi connectivity index (χ0n) is 20.5. The molecule has 1 fully saturated rings. The molecule has 12 heteroatoms. The molecular weight excluding hydrogens is 493 g/mol. The number of alkyl halides is 2. The summed E-state index contributed by atoms with van der Waals surface area (Å²) in [6.45, 7) is 4.62. The number of rotatable bonds is 7. The van der Waals surface area contributed by atoms with Gasteiger partial charge in [-0.25, -0.2) is 36.5 Å². The van der Waals surface area contributed by atoms with E-state index in [1.54, 1.807) is 20.9 Å². The Hall–Kier alpha value is -2.99. The molecule has 1 aliphatic rings. The van der Waals surface area contributed by atoms with Crippen LogP contribution >= 0.6 is 0 Å². The van der Waals surface area contributed by atoms with E-state index in [-0.39, 0.29) is 27.7 Å².